The molecule has 1 aromatic carbocycles. The summed E-state index contributed by atoms with van der Waals surface area (Å²) in [6, 6.07) is 2.08. The van der Waals surface area contributed by atoms with E-state index >= 15 is 0 Å². The first-order valence-electron chi connectivity index (χ1n) is 5.00. The highest BCUT2D eigenvalue weighted by Crippen LogP contribution is 2.28. The summed E-state index contributed by atoms with van der Waals surface area (Å²) in [6.45, 7) is 4.87. The Bertz CT molecular complexity index is 424. The molecule has 0 amide bonds. The van der Waals surface area contributed by atoms with Crippen molar-refractivity contribution in [3.05, 3.63) is 32.8 Å². The molecule has 3 heteroatoms. The highest BCUT2D eigenvalue weighted by molar-refractivity contribution is 9.10. The van der Waals surface area contributed by atoms with Crippen molar-refractivity contribution in [3.8, 4) is 0 Å². The average Bonchev–Trinajstić information content (AvgIpc) is 2.37. The van der Waals surface area contributed by atoms with Crippen LogP contribution in [0, 0.1) is 13.8 Å². The van der Waals surface area contributed by atoms with Crippen molar-refractivity contribution in [2.24, 2.45) is 0 Å². The number of fused-ring (bicyclic) bond motifs is 1. The number of carbonyl (C=O) groups is 1. The normalized spacial score (nSPS) is 16.1. The number of ketones is 1. The Hall–Kier alpha value is -0.670. The van der Waals surface area contributed by atoms with E-state index in [1.807, 2.05) is 13.8 Å². The lowest BCUT2D eigenvalue weighted by Gasteiger charge is -2.12. The van der Waals surface area contributed by atoms with E-state index in [4.69, 9.17) is 4.74 Å². The van der Waals surface area contributed by atoms with E-state index in [-0.39, 0.29) is 12.4 Å². The van der Waals surface area contributed by atoms with Gasteiger partial charge in [0, 0.05) is 10.0 Å². The Balaban J connectivity index is 2.69. The molecule has 0 radical (unpaired) electrons. The highest BCUT2D eigenvalue weighted by Gasteiger charge is 2.21. The molecule has 15 heavy (non-hydrogen) atoms. The summed E-state index contributed by atoms with van der Waals surface area (Å²) in [5.74, 6) is 0.101. The fraction of sp³-hybridized carbons (Fsp3) is 0.417. The van der Waals surface area contributed by atoms with Gasteiger partial charge in [-0.3, -0.25) is 4.79 Å². The van der Waals surface area contributed by atoms with Gasteiger partial charge in [-0.15, -0.1) is 0 Å². The third-order valence-electron chi connectivity index (χ3n) is 2.86. The highest BCUT2D eigenvalue weighted by atomic mass is 79.9. The molecule has 2 rings (SSSR count). The second-order valence-electron chi connectivity index (χ2n) is 3.88. The Labute approximate surface area is 97.8 Å². The van der Waals surface area contributed by atoms with Gasteiger partial charge in [0.25, 0.3) is 0 Å². The van der Waals surface area contributed by atoms with Crippen molar-refractivity contribution in [2.75, 3.05) is 13.2 Å². The van der Waals surface area contributed by atoms with Crippen LogP contribution in [0.15, 0.2) is 10.5 Å². The predicted octanol–water partition coefficient (Wildman–Crippen LogP) is 2.82. The lowest BCUT2D eigenvalue weighted by Crippen LogP contribution is -2.10. The smallest absolute Gasteiger partial charge is 0.189 e. The fourth-order valence-electron chi connectivity index (χ4n) is 2.04. The van der Waals surface area contributed by atoms with Gasteiger partial charge in [0.05, 0.1) is 6.61 Å². The SMILES string of the molecule is Cc1cc(Br)c(C)c2c1CCOCC2=O. The lowest BCUT2D eigenvalue weighted by molar-refractivity contribution is 0.0788. The average molecular weight is 269 g/mol. The molecule has 0 saturated heterocycles. The first-order chi connectivity index (χ1) is 7.11. The van der Waals surface area contributed by atoms with Crippen molar-refractivity contribution in [1.29, 1.82) is 0 Å². The number of hydrogen-bond donors (Lipinski definition) is 0. The second kappa shape index (κ2) is 4.06. The summed E-state index contributed by atoms with van der Waals surface area (Å²) >= 11 is 3.49. The summed E-state index contributed by atoms with van der Waals surface area (Å²) < 4.78 is 6.28. The van der Waals surface area contributed by atoms with Gasteiger partial charge in [-0.05, 0) is 43.0 Å². The Kier molecular flexibility index (Phi) is 2.94. The van der Waals surface area contributed by atoms with E-state index in [0.29, 0.717) is 6.61 Å². The second-order valence-corrected chi connectivity index (χ2v) is 4.73. The zero-order chi connectivity index (χ0) is 11.0. The number of carbonyl (C=O) groups excluding carboxylic acids is 1. The quantitative estimate of drug-likeness (QED) is 0.724. The monoisotopic (exact) mass is 268 g/mol. The number of Topliss-reactive ketones (excluding diaryl/α,β-unsaturated/α-hetero) is 1. The molecule has 0 fully saturated rings. The number of hydrogen-bond acceptors (Lipinski definition) is 2. The third kappa shape index (κ3) is 1.86. The molecule has 1 heterocycles. The summed E-state index contributed by atoms with van der Waals surface area (Å²) in [7, 11) is 0. The molecular weight excluding hydrogens is 256 g/mol. The number of halogens is 1. The van der Waals surface area contributed by atoms with Gasteiger partial charge in [0.1, 0.15) is 6.61 Å². The largest absolute Gasteiger partial charge is 0.373 e. The van der Waals surface area contributed by atoms with Crippen LogP contribution in [0.5, 0.6) is 0 Å². The first-order valence-corrected chi connectivity index (χ1v) is 5.80. The molecule has 1 aliphatic rings. The van der Waals surface area contributed by atoms with Crippen LogP contribution in [0.4, 0.5) is 0 Å². The molecule has 0 bridgehead atoms. The molecular formula is C12H13BrO2. The van der Waals surface area contributed by atoms with Crippen LogP contribution in [0.2, 0.25) is 0 Å². The van der Waals surface area contributed by atoms with Crippen molar-refractivity contribution in [2.45, 2.75) is 20.3 Å². The third-order valence-corrected chi connectivity index (χ3v) is 3.69. The summed E-state index contributed by atoms with van der Waals surface area (Å²) in [5.41, 5.74) is 4.21. The van der Waals surface area contributed by atoms with Crippen molar-refractivity contribution in [1.82, 2.24) is 0 Å². The Morgan fingerprint density at radius 1 is 1.40 bits per heavy atom. The Morgan fingerprint density at radius 3 is 2.87 bits per heavy atom. The number of aryl methyl sites for hydroxylation is 1. The topological polar surface area (TPSA) is 26.3 Å². The zero-order valence-electron chi connectivity index (χ0n) is 8.89. The van der Waals surface area contributed by atoms with E-state index < -0.39 is 0 Å². The molecule has 1 aliphatic heterocycles. The zero-order valence-corrected chi connectivity index (χ0v) is 10.5. The minimum atomic E-state index is 0.101. The van der Waals surface area contributed by atoms with Gasteiger partial charge in [0.15, 0.2) is 5.78 Å². The van der Waals surface area contributed by atoms with E-state index in [1.54, 1.807) is 0 Å². The molecule has 1 aromatic rings. The molecule has 0 N–H and O–H groups in total. The Morgan fingerprint density at radius 2 is 2.13 bits per heavy atom. The first kappa shape index (κ1) is 10.8. The molecule has 0 aliphatic carbocycles. The van der Waals surface area contributed by atoms with Gasteiger partial charge in [-0.1, -0.05) is 15.9 Å². The van der Waals surface area contributed by atoms with Crippen molar-refractivity contribution in [3.63, 3.8) is 0 Å². The minimum absolute atomic E-state index is 0.101. The number of ether oxygens (including phenoxy) is 1. The maximum Gasteiger partial charge on any atom is 0.189 e. The van der Waals surface area contributed by atoms with E-state index in [9.17, 15) is 4.79 Å². The summed E-state index contributed by atoms with van der Waals surface area (Å²) in [6.07, 6.45) is 0.834. The molecule has 0 atom stereocenters. The lowest BCUT2D eigenvalue weighted by atomic mass is 9.93. The molecule has 0 spiro atoms. The van der Waals surface area contributed by atoms with Crippen LogP contribution in [0.3, 0.4) is 0 Å². The molecule has 0 aromatic heterocycles. The molecule has 80 valence electrons. The van der Waals surface area contributed by atoms with Crippen molar-refractivity contribution < 1.29 is 9.53 Å². The van der Waals surface area contributed by atoms with Crippen LogP contribution in [-0.4, -0.2) is 19.0 Å². The van der Waals surface area contributed by atoms with Crippen molar-refractivity contribution >= 4 is 21.7 Å². The van der Waals surface area contributed by atoms with Crippen LogP contribution in [0.1, 0.15) is 27.0 Å². The summed E-state index contributed by atoms with van der Waals surface area (Å²) in [5, 5.41) is 0. The standard InChI is InChI=1S/C12H13BrO2/c1-7-5-10(13)8(2)12-9(7)3-4-15-6-11(12)14/h5H,3-4,6H2,1-2H3. The maximum atomic E-state index is 11.9. The van der Waals surface area contributed by atoms with Gasteiger partial charge in [-0.25, -0.2) is 0 Å². The van der Waals surface area contributed by atoms with Crippen LogP contribution in [0.25, 0.3) is 0 Å². The molecule has 0 saturated carbocycles. The predicted molar refractivity (Wildman–Crippen MR) is 62.5 cm³/mol. The molecule has 2 nitrogen and oxygen atoms in total. The summed E-state index contributed by atoms with van der Waals surface area (Å²) in [4.78, 5) is 11.9. The molecule has 0 unspecified atom stereocenters. The van der Waals surface area contributed by atoms with Gasteiger partial charge < -0.3 is 4.74 Å². The van der Waals surface area contributed by atoms with Crippen LogP contribution >= 0.6 is 15.9 Å². The number of benzene rings is 1. The minimum Gasteiger partial charge on any atom is -0.373 e. The van der Waals surface area contributed by atoms with E-state index in [2.05, 4.69) is 22.0 Å². The van der Waals surface area contributed by atoms with E-state index in [1.165, 1.54) is 5.56 Å². The number of rotatable bonds is 0. The maximum absolute atomic E-state index is 11.9. The fourth-order valence-corrected chi connectivity index (χ4v) is 2.58. The van der Waals surface area contributed by atoms with Crippen LogP contribution < -0.4 is 0 Å². The van der Waals surface area contributed by atoms with Gasteiger partial charge in [0.2, 0.25) is 0 Å². The van der Waals surface area contributed by atoms with Crippen LogP contribution in [-0.2, 0) is 11.2 Å². The van der Waals surface area contributed by atoms with Gasteiger partial charge in [-0.2, -0.15) is 0 Å². The van der Waals surface area contributed by atoms with Gasteiger partial charge >= 0.3 is 0 Å². The van der Waals surface area contributed by atoms with E-state index in [0.717, 1.165) is 27.6 Å².